The molecule has 0 aliphatic heterocycles. The SMILES string of the molecule is CC(C)c1c[nH]c2ccccc12.CC(C)c1ccc(O)cc1.CC(C)c1cnc[nH]1.CC(C)c1ncc[nH]1. The molecule has 0 atom stereocenters. The van der Waals surface area contributed by atoms with E-state index in [1.807, 2.05) is 24.5 Å². The molecule has 0 fully saturated rings. The van der Waals surface area contributed by atoms with Crippen molar-refractivity contribution in [1.29, 1.82) is 0 Å². The lowest BCUT2D eigenvalue weighted by Crippen LogP contribution is -1.87. The van der Waals surface area contributed by atoms with E-state index in [1.165, 1.54) is 27.7 Å². The standard InChI is InChI=1S/C11H13N.C9H12O.2C6H10N2/c1-8(2)10-7-12-11-6-4-3-5-9(10)11;1-7(2)8-3-5-9(10)6-4-8;1-5(2)6-3-7-4-8-6;1-5(2)6-7-3-4-8-6/h3-8,12H,1-2H3;3-7,10H,1-2H3;2*3-5H,1-2H3,(H,7,8). The lowest BCUT2D eigenvalue weighted by Gasteiger charge is -2.03. The zero-order valence-corrected chi connectivity index (χ0v) is 24.2. The van der Waals surface area contributed by atoms with E-state index in [0.717, 1.165) is 5.82 Å². The Kier molecular flexibility index (Phi) is 12.4. The number of hydrogen-bond acceptors (Lipinski definition) is 3. The van der Waals surface area contributed by atoms with Crippen LogP contribution in [0.5, 0.6) is 5.75 Å². The van der Waals surface area contributed by atoms with Crippen LogP contribution in [0.4, 0.5) is 0 Å². The normalized spacial score (nSPS) is 10.6. The minimum atomic E-state index is 0.337. The Bertz CT molecular complexity index is 1230. The summed E-state index contributed by atoms with van der Waals surface area (Å²) in [6, 6.07) is 15.7. The van der Waals surface area contributed by atoms with Crippen molar-refractivity contribution in [2.45, 2.75) is 79.1 Å². The van der Waals surface area contributed by atoms with Crippen molar-refractivity contribution in [3.8, 4) is 5.75 Å². The Morgan fingerprint density at radius 1 is 0.711 bits per heavy atom. The molecule has 0 spiro atoms. The molecule has 0 radical (unpaired) electrons. The van der Waals surface area contributed by atoms with Gasteiger partial charge in [0.05, 0.1) is 6.33 Å². The topological polar surface area (TPSA) is 93.4 Å². The summed E-state index contributed by atoms with van der Waals surface area (Å²) in [6.07, 6.45) is 9.28. The van der Waals surface area contributed by atoms with E-state index in [4.69, 9.17) is 5.11 Å². The van der Waals surface area contributed by atoms with E-state index in [-0.39, 0.29) is 0 Å². The number of aromatic nitrogens is 5. The minimum absolute atomic E-state index is 0.337. The second-order valence-electron chi connectivity index (χ2n) is 10.5. The number of phenolic OH excluding ortho intramolecular Hbond substituents is 1. The molecule has 38 heavy (non-hydrogen) atoms. The van der Waals surface area contributed by atoms with E-state index < -0.39 is 0 Å². The maximum absolute atomic E-state index is 8.94. The van der Waals surface area contributed by atoms with Crippen molar-refractivity contribution in [3.05, 3.63) is 102 Å². The van der Waals surface area contributed by atoms with Gasteiger partial charge in [-0.25, -0.2) is 9.97 Å². The molecule has 0 saturated heterocycles. The highest BCUT2D eigenvalue weighted by Gasteiger charge is 2.05. The number of para-hydroxylation sites is 1. The number of aromatic amines is 3. The fourth-order valence-corrected chi connectivity index (χ4v) is 3.61. The summed E-state index contributed by atoms with van der Waals surface area (Å²) in [5.74, 6) is 3.62. The summed E-state index contributed by atoms with van der Waals surface area (Å²) in [7, 11) is 0. The van der Waals surface area contributed by atoms with Crippen molar-refractivity contribution in [2.24, 2.45) is 0 Å². The Morgan fingerprint density at radius 2 is 1.39 bits per heavy atom. The number of rotatable bonds is 4. The van der Waals surface area contributed by atoms with Crippen LogP contribution in [0, 0.1) is 0 Å². The Labute approximate surface area is 228 Å². The predicted octanol–water partition coefficient (Wildman–Crippen LogP) is 8.87. The first-order chi connectivity index (χ1) is 18.1. The third-order valence-corrected chi connectivity index (χ3v) is 6.01. The summed E-state index contributed by atoms with van der Waals surface area (Å²) < 4.78 is 0. The van der Waals surface area contributed by atoms with Crippen LogP contribution < -0.4 is 0 Å². The van der Waals surface area contributed by atoms with E-state index in [9.17, 15) is 0 Å². The number of hydrogen-bond donors (Lipinski definition) is 4. The summed E-state index contributed by atoms with van der Waals surface area (Å²) >= 11 is 0. The smallest absolute Gasteiger partial charge is 0.115 e. The van der Waals surface area contributed by atoms with E-state index >= 15 is 0 Å². The number of benzene rings is 2. The number of phenols is 1. The lowest BCUT2D eigenvalue weighted by atomic mass is 10.0. The molecule has 4 N–H and O–H groups in total. The maximum Gasteiger partial charge on any atom is 0.115 e. The molecular weight excluding hydrogens is 470 g/mol. The molecule has 5 rings (SSSR count). The van der Waals surface area contributed by atoms with E-state index in [1.54, 1.807) is 24.7 Å². The van der Waals surface area contributed by atoms with Gasteiger partial charge in [0.15, 0.2) is 0 Å². The molecule has 0 saturated carbocycles. The summed E-state index contributed by atoms with van der Waals surface area (Å²) in [5, 5.41) is 10.3. The van der Waals surface area contributed by atoms with Crippen molar-refractivity contribution in [3.63, 3.8) is 0 Å². The first-order valence-corrected chi connectivity index (χ1v) is 13.4. The van der Waals surface area contributed by atoms with Crippen LogP contribution in [-0.2, 0) is 0 Å². The molecule has 2 aromatic carbocycles. The van der Waals surface area contributed by atoms with Crippen molar-refractivity contribution in [2.75, 3.05) is 0 Å². The zero-order valence-electron chi connectivity index (χ0n) is 24.2. The van der Waals surface area contributed by atoms with Gasteiger partial charge in [0.1, 0.15) is 11.6 Å². The second kappa shape index (κ2) is 15.5. The number of H-pyrrole nitrogens is 3. The molecular formula is C32H45N5O. The van der Waals surface area contributed by atoms with E-state index in [2.05, 4.69) is 111 Å². The highest BCUT2D eigenvalue weighted by molar-refractivity contribution is 5.83. The second-order valence-corrected chi connectivity index (χ2v) is 10.5. The first kappa shape index (κ1) is 30.4. The Morgan fingerprint density at radius 3 is 1.84 bits per heavy atom. The molecule has 0 amide bonds. The summed E-state index contributed by atoms with van der Waals surface area (Å²) in [6.45, 7) is 17.2. The molecule has 3 heterocycles. The van der Waals surface area contributed by atoms with Gasteiger partial charge in [0.2, 0.25) is 0 Å². The molecule has 0 aliphatic rings. The van der Waals surface area contributed by atoms with Gasteiger partial charge in [-0.1, -0.05) is 85.7 Å². The van der Waals surface area contributed by atoms with Crippen LogP contribution in [0.2, 0.25) is 0 Å². The van der Waals surface area contributed by atoms with Gasteiger partial charge in [-0.2, -0.15) is 0 Å². The zero-order chi connectivity index (χ0) is 28.1. The van der Waals surface area contributed by atoms with Crippen LogP contribution in [0.1, 0.15) is 102 Å². The quantitative estimate of drug-likeness (QED) is 0.192. The van der Waals surface area contributed by atoms with Crippen LogP contribution in [0.15, 0.2) is 79.6 Å². The predicted molar refractivity (Wildman–Crippen MR) is 160 cm³/mol. The fraction of sp³-hybridized carbons (Fsp3) is 0.375. The van der Waals surface area contributed by atoms with E-state index in [0.29, 0.717) is 29.4 Å². The minimum Gasteiger partial charge on any atom is -0.508 e. The van der Waals surface area contributed by atoms with Crippen molar-refractivity contribution >= 4 is 10.9 Å². The average Bonchev–Trinajstić information content (AvgIpc) is 3.67. The molecule has 0 bridgehead atoms. The van der Waals surface area contributed by atoms with Gasteiger partial charge in [0.25, 0.3) is 0 Å². The third-order valence-electron chi connectivity index (χ3n) is 6.01. The largest absolute Gasteiger partial charge is 0.508 e. The fourth-order valence-electron chi connectivity index (χ4n) is 3.61. The third kappa shape index (κ3) is 9.92. The number of imidazole rings is 2. The lowest BCUT2D eigenvalue weighted by molar-refractivity contribution is 0.475. The summed E-state index contributed by atoms with van der Waals surface area (Å²) in [4.78, 5) is 17.3. The van der Waals surface area contributed by atoms with Gasteiger partial charge < -0.3 is 20.1 Å². The average molecular weight is 516 g/mol. The monoisotopic (exact) mass is 515 g/mol. The van der Waals surface area contributed by atoms with Crippen molar-refractivity contribution < 1.29 is 5.11 Å². The molecule has 6 heteroatoms. The number of nitrogens with zero attached hydrogens (tertiary/aromatic N) is 2. The first-order valence-electron chi connectivity index (χ1n) is 13.4. The van der Waals surface area contributed by atoms with Crippen molar-refractivity contribution in [1.82, 2.24) is 24.9 Å². The highest BCUT2D eigenvalue weighted by Crippen LogP contribution is 2.24. The number of nitrogens with one attached hydrogen (secondary N) is 3. The van der Waals surface area contributed by atoms with Gasteiger partial charge in [-0.15, -0.1) is 0 Å². The highest BCUT2D eigenvalue weighted by atomic mass is 16.3. The summed E-state index contributed by atoms with van der Waals surface area (Å²) in [5.41, 5.74) is 5.11. The Hall–Kier alpha value is -3.80. The van der Waals surface area contributed by atoms with Gasteiger partial charge in [-0.05, 0) is 47.1 Å². The van der Waals surface area contributed by atoms with Crippen LogP contribution in [0.25, 0.3) is 10.9 Å². The van der Waals surface area contributed by atoms with Crippen LogP contribution in [-0.4, -0.2) is 30.0 Å². The molecule has 3 aromatic heterocycles. The van der Waals surface area contributed by atoms with Gasteiger partial charge in [0, 0.05) is 47.3 Å². The molecule has 0 unspecified atom stereocenters. The Balaban J connectivity index is 0.000000181. The van der Waals surface area contributed by atoms with Crippen LogP contribution in [0.3, 0.4) is 0 Å². The molecule has 0 aliphatic carbocycles. The molecule has 5 aromatic rings. The van der Waals surface area contributed by atoms with Crippen LogP contribution >= 0.6 is 0 Å². The number of fused-ring (bicyclic) bond motifs is 1. The maximum atomic E-state index is 8.94. The molecule has 6 nitrogen and oxygen atoms in total. The van der Waals surface area contributed by atoms with Gasteiger partial charge in [-0.3, -0.25) is 0 Å². The van der Waals surface area contributed by atoms with Gasteiger partial charge >= 0.3 is 0 Å². The number of aromatic hydroxyl groups is 1. The molecule has 204 valence electrons.